The number of amides is 2. The smallest absolute Gasteiger partial charge is 0.370 e. The summed E-state index contributed by atoms with van der Waals surface area (Å²) in [4.78, 5) is 27.1. The van der Waals surface area contributed by atoms with Crippen molar-refractivity contribution in [2.24, 2.45) is 5.73 Å². The molecule has 0 unspecified atom stereocenters. The standard InChI is InChI=1S/C20H25F5N4O3/c21-18(22)14-8-13(28-6-7-32-10-17(28)30)4-5-15(14)27-19(31)16(9-26)29(11-20(23,24)25)12-2-1-3-12/h4-5,8,12,16,18H,1-3,6-7,9-11,26H2,(H,27,31)/t16-/m0/s1. The lowest BCUT2D eigenvalue weighted by Crippen LogP contribution is -2.57. The Balaban J connectivity index is 1.82. The number of halogens is 5. The van der Waals surface area contributed by atoms with E-state index in [4.69, 9.17) is 10.5 Å². The second-order valence-electron chi connectivity index (χ2n) is 7.78. The number of carbonyl (C=O) groups is 2. The first-order valence-electron chi connectivity index (χ1n) is 10.2. The Labute approximate surface area is 181 Å². The van der Waals surface area contributed by atoms with Crippen LogP contribution in [-0.4, -0.2) is 67.8 Å². The molecule has 2 aliphatic rings. The zero-order chi connectivity index (χ0) is 23.5. The molecule has 1 aromatic rings. The van der Waals surface area contributed by atoms with Gasteiger partial charge in [-0.1, -0.05) is 6.42 Å². The Bertz CT molecular complexity index is 832. The zero-order valence-electron chi connectivity index (χ0n) is 17.2. The summed E-state index contributed by atoms with van der Waals surface area (Å²) in [5.41, 5.74) is 5.06. The Kier molecular flexibility index (Phi) is 7.67. The highest BCUT2D eigenvalue weighted by atomic mass is 19.4. The van der Waals surface area contributed by atoms with Crippen LogP contribution in [-0.2, 0) is 14.3 Å². The van der Waals surface area contributed by atoms with E-state index in [0.717, 1.165) is 17.4 Å². The summed E-state index contributed by atoms with van der Waals surface area (Å²) in [6, 6.07) is 1.91. The number of alkyl halides is 5. The SMILES string of the molecule is NC[C@@H](C(=O)Nc1ccc(N2CCOCC2=O)cc1C(F)F)N(CC(F)(F)F)C1CCC1. The van der Waals surface area contributed by atoms with Crippen LogP contribution in [0.1, 0.15) is 31.3 Å². The molecular weight excluding hydrogens is 439 g/mol. The highest BCUT2D eigenvalue weighted by Crippen LogP contribution is 2.33. The molecule has 1 aromatic carbocycles. The zero-order valence-corrected chi connectivity index (χ0v) is 17.2. The largest absolute Gasteiger partial charge is 0.401 e. The van der Waals surface area contributed by atoms with Crippen LogP contribution in [0.2, 0.25) is 0 Å². The monoisotopic (exact) mass is 464 g/mol. The maximum atomic E-state index is 13.7. The van der Waals surface area contributed by atoms with Crippen molar-refractivity contribution < 1.29 is 36.3 Å². The highest BCUT2D eigenvalue weighted by molar-refractivity contribution is 5.97. The predicted octanol–water partition coefficient (Wildman–Crippen LogP) is 2.67. The Morgan fingerprint density at radius 3 is 2.56 bits per heavy atom. The molecule has 1 saturated heterocycles. The van der Waals surface area contributed by atoms with Gasteiger partial charge in [-0.2, -0.15) is 13.2 Å². The third-order valence-corrected chi connectivity index (χ3v) is 5.66. The summed E-state index contributed by atoms with van der Waals surface area (Å²) < 4.78 is 71.7. The molecule has 7 nitrogen and oxygen atoms in total. The molecule has 1 aliphatic heterocycles. The minimum Gasteiger partial charge on any atom is -0.370 e. The Hall–Kier alpha value is -2.31. The van der Waals surface area contributed by atoms with Gasteiger partial charge in [-0.05, 0) is 31.0 Å². The molecule has 1 aliphatic carbocycles. The predicted molar refractivity (Wildman–Crippen MR) is 106 cm³/mol. The van der Waals surface area contributed by atoms with Crippen molar-refractivity contribution >= 4 is 23.2 Å². The number of nitrogens with two attached hydrogens (primary N) is 1. The quantitative estimate of drug-likeness (QED) is 0.578. The van der Waals surface area contributed by atoms with Gasteiger partial charge in [-0.25, -0.2) is 8.78 Å². The second kappa shape index (κ2) is 10.1. The van der Waals surface area contributed by atoms with Gasteiger partial charge in [-0.15, -0.1) is 0 Å². The third-order valence-electron chi connectivity index (χ3n) is 5.66. The molecule has 2 fully saturated rings. The van der Waals surface area contributed by atoms with E-state index in [2.05, 4.69) is 5.32 Å². The van der Waals surface area contributed by atoms with E-state index in [1.807, 2.05) is 0 Å². The van der Waals surface area contributed by atoms with Crippen LogP contribution in [0.5, 0.6) is 0 Å². The number of ether oxygens (including phenoxy) is 1. The van der Waals surface area contributed by atoms with Crippen molar-refractivity contribution in [3.63, 3.8) is 0 Å². The molecule has 0 spiro atoms. The summed E-state index contributed by atoms with van der Waals surface area (Å²) in [5, 5.41) is 2.32. The van der Waals surface area contributed by atoms with Crippen LogP contribution in [0.25, 0.3) is 0 Å². The summed E-state index contributed by atoms with van der Waals surface area (Å²) in [5.74, 6) is -1.28. The minimum atomic E-state index is -4.54. The Morgan fingerprint density at radius 2 is 2.03 bits per heavy atom. The van der Waals surface area contributed by atoms with E-state index in [-0.39, 0.29) is 37.0 Å². The summed E-state index contributed by atoms with van der Waals surface area (Å²) in [6.45, 7) is -1.44. The summed E-state index contributed by atoms with van der Waals surface area (Å²) >= 11 is 0. The van der Waals surface area contributed by atoms with Crippen LogP contribution in [0.4, 0.5) is 33.3 Å². The van der Waals surface area contributed by atoms with E-state index in [1.165, 1.54) is 17.0 Å². The molecule has 12 heteroatoms. The first kappa shape index (κ1) is 24.3. The molecule has 0 aromatic heterocycles. The van der Waals surface area contributed by atoms with Gasteiger partial charge in [0.1, 0.15) is 12.6 Å². The maximum Gasteiger partial charge on any atom is 0.401 e. The van der Waals surface area contributed by atoms with Gasteiger partial charge in [0.2, 0.25) is 5.91 Å². The first-order chi connectivity index (χ1) is 15.1. The molecule has 32 heavy (non-hydrogen) atoms. The highest BCUT2D eigenvalue weighted by Gasteiger charge is 2.41. The number of nitrogens with one attached hydrogen (secondary N) is 1. The van der Waals surface area contributed by atoms with Gasteiger partial charge in [-0.3, -0.25) is 14.5 Å². The number of morpholine rings is 1. The van der Waals surface area contributed by atoms with Crippen molar-refractivity contribution in [3.05, 3.63) is 23.8 Å². The number of hydrogen-bond acceptors (Lipinski definition) is 5. The lowest BCUT2D eigenvalue weighted by Gasteiger charge is -2.41. The molecule has 0 radical (unpaired) electrons. The summed E-state index contributed by atoms with van der Waals surface area (Å²) in [6.07, 6.45) is -5.77. The normalized spacial score (nSPS) is 18.8. The molecule has 2 amide bonds. The minimum absolute atomic E-state index is 0.170. The first-order valence-corrected chi connectivity index (χ1v) is 10.2. The van der Waals surface area contributed by atoms with Gasteiger partial charge in [0.15, 0.2) is 0 Å². The number of rotatable bonds is 8. The van der Waals surface area contributed by atoms with E-state index in [9.17, 15) is 31.5 Å². The van der Waals surface area contributed by atoms with Crippen LogP contribution in [0, 0.1) is 0 Å². The number of carbonyl (C=O) groups excluding carboxylic acids is 2. The van der Waals surface area contributed by atoms with Crippen molar-refractivity contribution in [1.29, 1.82) is 0 Å². The molecule has 3 rings (SSSR count). The maximum absolute atomic E-state index is 13.7. The van der Waals surface area contributed by atoms with E-state index >= 15 is 0 Å². The van der Waals surface area contributed by atoms with Crippen LogP contribution in [0.3, 0.4) is 0 Å². The van der Waals surface area contributed by atoms with Gasteiger partial charge < -0.3 is 20.7 Å². The fourth-order valence-corrected chi connectivity index (χ4v) is 3.83. The van der Waals surface area contributed by atoms with Crippen LogP contribution < -0.4 is 16.0 Å². The van der Waals surface area contributed by atoms with Gasteiger partial charge in [0.25, 0.3) is 12.3 Å². The van der Waals surface area contributed by atoms with E-state index in [0.29, 0.717) is 12.8 Å². The third kappa shape index (κ3) is 5.73. The number of benzene rings is 1. The molecule has 1 atom stereocenters. The Morgan fingerprint density at radius 1 is 1.31 bits per heavy atom. The fourth-order valence-electron chi connectivity index (χ4n) is 3.83. The van der Waals surface area contributed by atoms with Gasteiger partial charge in [0.05, 0.1) is 13.2 Å². The number of hydrogen-bond donors (Lipinski definition) is 2. The molecular formula is C20H25F5N4O3. The summed E-state index contributed by atoms with van der Waals surface area (Å²) in [7, 11) is 0. The number of nitrogens with zero attached hydrogens (tertiary/aromatic N) is 2. The topological polar surface area (TPSA) is 87.9 Å². The van der Waals surface area contributed by atoms with Gasteiger partial charge in [0, 0.05) is 36.1 Å². The van der Waals surface area contributed by atoms with E-state index in [1.54, 1.807) is 0 Å². The second-order valence-corrected chi connectivity index (χ2v) is 7.78. The molecule has 0 bridgehead atoms. The molecule has 1 heterocycles. The van der Waals surface area contributed by atoms with Crippen molar-refractivity contribution in [1.82, 2.24) is 4.90 Å². The van der Waals surface area contributed by atoms with Crippen molar-refractivity contribution in [2.75, 3.05) is 43.1 Å². The van der Waals surface area contributed by atoms with Gasteiger partial charge >= 0.3 is 6.18 Å². The number of anilines is 2. The molecule has 3 N–H and O–H groups in total. The average Bonchev–Trinajstić information content (AvgIpc) is 2.66. The van der Waals surface area contributed by atoms with Crippen LogP contribution >= 0.6 is 0 Å². The molecule has 1 saturated carbocycles. The fraction of sp³-hybridized carbons (Fsp3) is 0.600. The molecule has 178 valence electrons. The lowest BCUT2D eigenvalue weighted by atomic mass is 9.90. The lowest BCUT2D eigenvalue weighted by molar-refractivity contribution is -0.162. The van der Waals surface area contributed by atoms with E-state index < -0.39 is 49.2 Å². The average molecular weight is 464 g/mol. The van der Waals surface area contributed by atoms with Crippen molar-refractivity contribution in [3.8, 4) is 0 Å². The van der Waals surface area contributed by atoms with Crippen LogP contribution in [0.15, 0.2) is 18.2 Å². The van der Waals surface area contributed by atoms with Crippen molar-refractivity contribution in [2.45, 2.75) is 43.9 Å².